The zero-order valence-electron chi connectivity index (χ0n) is 16.1. The fourth-order valence-electron chi connectivity index (χ4n) is 3.56. The van der Waals surface area contributed by atoms with Gasteiger partial charge in [-0.05, 0) is 53.6 Å². The normalized spacial score (nSPS) is 14.4. The Balaban J connectivity index is 1.48. The summed E-state index contributed by atoms with van der Waals surface area (Å²) in [6.07, 6.45) is 0.967. The van der Waals surface area contributed by atoms with Crippen LogP contribution in [0, 0.1) is 6.92 Å². The largest absolute Gasteiger partial charge is 0.326 e. The van der Waals surface area contributed by atoms with Crippen molar-refractivity contribution in [1.29, 1.82) is 0 Å². The highest BCUT2D eigenvalue weighted by atomic mass is 32.2. The van der Waals surface area contributed by atoms with E-state index in [9.17, 15) is 13.2 Å². The Bertz CT molecular complexity index is 1140. The van der Waals surface area contributed by atoms with Crippen molar-refractivity contribution < 1.29 is 13.2 Å². The fourth-order valence-corrected chi connectivity index (χ4v) is 6.13. The quantitative estimate of drug-likeness (QED) is 0.671. The molecule has 2 heterocycles. The van der Waals surface area contributed by atoms with Crippen molar-refractivity contribution in [2.75, 3.05) is 11.9 Å². The van der Waals surface area contributed by atoms with Gasteiger partial charge in [-0.3, -0.25) is 4.79 Å². The molecule has 0 saturated carbocycles. The number of amides is 1. The average molecular weight is 427 g/mol. The molecule has 7 heteroatoms. The summed E-state index contributed by atoms with van der Waals surface area (Å²) >= 11 is 1.23. The van der Waals surface area contributed by atoms with Crippen LogP contribution in [0.5, 0.6) is 0 Å². The van der Waals surface area contributed by atoms with E-state index in [0.29, 0.717) is 35.8 Å². The van der Waals surface area contributed by atoms with Gasteiger partial charge in [0.05, 0.1) is 6.42 Å². The summed E-state index contributed by atoms with van der Waals surface area (Å²) in [6, 6.07) is 17.0. The number of carbonyl (C=O) groups is 1. The van der Waals surface area contributed by atoms with Gasteiger partial charge in [0.1, 0.15) is 4.21 Å². The topological polar surface area (TPSA) is 66.5 Å². The van der Waals surface area contributed by atoms with Crippen LogP contribution in [0.2, 0.25) is 0 Å². The second-order valence-corrected chi connectivity index (χ2v) is 10.3. The zero-order chi connectivity index (χ0) is 20.4. The molecule has 1 N–H and O–H groups in total. The molecule has 4 rings (SSSR count). The Morgan fingerprint density at radius 1 is 1.10 bits per heavy atom. The molecule has 1 aliphatic heterocycles. The van der Waals surface area contributed by atoms with E-state index in [4.69, 9.17) is 0 Å². The lowest BCUT2D eigenvalue weighted by molar-refractivity contribution is -0.115. The number of sulfonamides is 1. The number of nitrogens with one attached hydrogen (secondary N) is 1. The van der Waals surface area contributed by atoms with E-state index in [2.05, 4.69) is 5.32 Å². The smallest absolute Gasteiger partial charge is 0.252 e. The number of thiophene rings is 1. The van der Waals surface area contributed by atoms with Gasteiger partial charge in [0, 0.05) is 18.8 Å². The summed E-state index contributed by atoms with van der Waals surface area (Å²) in [5.74, 6) is -0.0885. The van der Waals surface area contributed by atoms with Gasteiger partial charge in [-0.15, -0.1) is 11.3 Å². The van der Waals surface area contributed by atoms with Gasteiger partial charge in [-0.1, -0.05) is 42.0 Å². The minimum Gasteiger partial charge on any atom is -0.326 e. The third-order valence-electron chi connectivity index (χ3n) is 5.00. The molecule has 150 valence electrons. The highest BCUT2D eigenvalue weighted by Gasteiger charge is 2.29. The summed E-state index contributed by atoms with van der Waals surface area (Å²) in [5, 5.41) is 4.71. The predicted molar refractivity (Wildman–Crippen MR) is 116 cm³/mol. The van der Waals surface area contributed by atoms with Crippen LogP contribution >= 0.6 is 11.3 Å². The monoisotopic (exact) mass is 426 g/mol. The minimum absolute atomic E-state index is 0.0885. The Labute approximate surface area is 175 Å². The summed E-state index contributed by atoms with van der Waals surface area (Å²) in [7, 11) is -3.48. The number of fused-ring (bicyclic) bond motifs is 1. The lowest BCUT2D eigenvalue weighted by atomic mass is 10.0. The highest BCUT2D eigenvalue weighted by molar-refractivity contribution is 7.91. The highest BCUT2D eigenvalue weighted by Crippen LogP contribution is 2.28. The molecule has 0 spiro atoms. The summed E-state index contributed by atoms with van der Waals surface area (Å²) in [6.45, 7) is 2.78. The molecule has 29 heavy (non-hydrogen) atoms. The van der Waals surface area contributed by atoms with E-state index >= 15 is 0 Å². The van der Waals surface area contributed by atoms with Gasteiger partial charge in [0.25, 0.3) is 10.0 Å². The minimum atomic E-state index is -3.48. The lowest BCUT2D eigenvalue weighted by Crippen LogP contribution is -2.35. The second-order valence-electron chi connectivity index (χ2n) is 7.22. The van der Waals surface area contributed by atoms with Crippen molar-refractivity contribution >= 4 is 33.0 Å². The van der Waals surface area contributed by atoms with Gasteiger partial charge in [0.15, 0.2) is 0 Å². The van der Waals surface area contributed by atoms with Gasteiger partial charge >= 0.3 is 0 Å². The molecule has 0 saturated heterocycles. The van der Waals surface area contributed by atoms with Gasteiger partial charge in [-0.25, -0.2) is 8.42 Å². The lowest BCUT2D eigenvalue weighted by Gasteiger charge is -2.28. The first-order chi connectivity index (χ1) is 13.9. The predicted octanol–water partition coefficient (Wildman–Crippen LogP) is 3.98. The molecule has 0 radical (unpaired) electrons. The molecule has 3 aromatic rings. The summed E-state index contributed by atoms with van der Waals surface area (Å²) in [4.78, 5) is 12.4. The van der Waals surface area contributed by atoms with Crippen molar-refractivity contribution in [2.45, 2.75) is 30.5 Å². The number of carbonyl (C=O) groups excluding carboxylic acids is 1. The number of nitrogens with zero attached hydrogens (tertiary/aromatic N) is 1. The van der Waals surface area contributed by atoms with Crippen LogP contribution in [0.4, 0.5) is 5.69 Å². The Morgan fingerprint density at radius 3 is 2.72 bits per heavy atom. The van der Waals surface area contributed by atoms with Gasteiger partial charge in [-0.2, -0.15) is 4.31 Å². The van der Waals surface area contributed by atoms with E-state index in [-0.39, 0.29) is 5.91 Å². The van der Waals surface area contributed by atoms with E-state index in [0.717, 1.165) is 22.3 Å². The maximum absolute atomic E-state index is 12.8. The molecule has 2 aromatic carbocycles. The maximum atomic E-state index is 12.8. The van der Waals surface area contributed by atoms with Crippen LogP contribution in [0.25, 0.3) is 0 Å². The molecular formula is C22H22N2O3S2. The van der Waals surface area contributed by atoms with Crippen LogP contribution in [0.15, 0.2) is 64.2 Å². The molecular weight excluding hydrogens is 404 g/mol. The number of benzene rings is 2. The van der Waals surface area contributed by atoms with Crippen LogP contribution < -0.4 is 5.32 Å². The average Bonchev–Trinajstić information content (AvgIpc) is 3.23. The fraction of sp³-hybridized carbons (Fsp3) is 0.227. The van der Waals surface area contributed by atoms with E-state index in [1.54, 1.807) is 17.5 Å². The molecule has 5 nitrogen and oxygen atoms in total. The third kappa shape index (κ3) is 4.42. The van der Waals surface area contributed by atoms with Crippen molar-refractivity contribution in [3.63, 3.8) is 0 Å². The first-order valence-corrected chi connectivity index (χ1v) is 11.7. The van der Waals surface area contributed by atoms with Gasteiger partial charge in [0.2, 0.25) is 5.91 Å². The SMILES string of the molecule is Cc1cccc(CC(=O)Nc2ccc3c(c2)CN(S(=O)(=O)c2cccs2)CC3)c1. The van der Waals surface area contributed by atoms with Crippen molar-refractivity contribution in [2.24, 2.45) is 0 Å². The van der Waals surface area contributed by atoms with Crippen molar-refractivity contribution in [3.8, 4) is 0 Å². The summed E-state index contributed by atoms with van der Waals surface area (Å²) < 4.78 is 27.5. The molecule has 0 fully saturated rings. The van der Waals surface area contributed by atoms with Crippen molar-refractivity contribution in [1.82, 2.24) is 4.31 Å². The number of aryl methyl sites for hydroxylation is 1. The second kappa shape index (κ2) is 8.10. The van der Waals surface area contributed by atoms with Crippen molar-refractivity contribution in [3.05, 3.63) is 82.2 Å². The molecule has 0 unspecified atom stereocenters. The molecule has 1 amide bonds. The number of anilines is 1. The van der Waals surface area contributed by atoms with Crippen LogP contribution in [0.1, 0.15) is 22.3 Å². The van der Waals surface area contributed by atoms with Crippen LogP contribution in [-0.2, 0) is 34.2 Å². The van der Waals surface area contributed by atoms with Gasteiger partial charge < -0.3 is 5.32 Å². The van der Waals surface area contributed by atoms with E-state index < -0.39 is 10.0 Å². The van der Waals surface area contributed by atoms with Crippen LogP contribution in [-0.4, -0.2) is 25.2 Å². The number of hydrogen-bond donors (Lipinski definition) is 1. The molecule has 1 aromatic heterocycles. The molecule has 0 aliphatic carbocycles. The van der Waals surface area contributed by atoms with E-state index in [1.165, 1.54) is 15.6 Å². The third-order valence-corrected chi connectivity index (χ3v) is 8.22. The molecule has 1 aliphatic rings. The Morgan fingerprint density at radius 2 is 1.97 bits per heavy atom. The maximum Gasteiger partial charge on any atom is 0.252 e. The first-order valence-electron chi connectivity index (χ1n) is 9.43. The van der Waals surface area contributed by atoms with E-state index in [1.807, 2.05) is 49.4 Å². The number of hydrogen-bond acceptors (Lipinski definition) is 4. The summed E-state index contributed by atoms with van der Waals surface area (Å²) in [5.41, 5.74) is 4.84. The first kappa shape index (κ1) is 19.8. The molecule has 0 bridgehead atoms. The molecule has 0 atom stereocenters. The van der Waals surface area contributed by atoms with Crippen LogP contribution in [0.3, 0.4) is 0 Å². The Hall–Kier alpha value is -2.48. The standard InChI is InChI=1S/C22H22N2O3S2/c1-16-4-2-5-17(12-16)13-21(25)23-20-8-7-18-9-10-24(15-19(18)14-20)29(26,27)22-6-3-11-28-22/h2-8,11-12,14H,9-10,13,15H2,1H3,(H,23,25). The number of rotatable bonds is 5. The Kier molecular flexibility index (Phi) is 5.54. The zero-order valence-corrected chi connectivity index (χ0v) is 17.7.